The molecule has 0 aliphatic heterocycles. The molecule has 0 unspecified atom stereocenters. The first-order valence-electron chi connectivity index (χ1n) is 7.65. The lowest BCUT2D eigenvalue weighted by atomic mass is 10.2. The number of hydrogen-bond donors (Lipinski definition) is 2. The molecule has 2 rings (SSSR count). The monoisotopic (exact) mass is 344 g/mol. The summed E-state index contributed by atoms with van der Waals surface area (Å²) < 4.78 is 10.7. The number of carbonyl (C=O) groups is 1. The Balaban J connectivity index is 1.75. The first kappa shape index (κ1) is 17.7. The number of esters is 1. The Morgan fingerprint density at radius 2 is 1.79 bits per heavy atom. The predicted molar refractivity (Wildman–Crippen MR) is 98.1 cm³/mol. The second-order valence-electron chi connectivity index (χ2n) is 4.88. The Morgan fingerprint density at radius 1 is 1.08 bits per heavy atom. The number of rotatable bonds is 7. The second kappa shape index (κ2) is 9.52. The highest BCUT2D eigenvalue weighted by molar-refractivity contribution is 7.80. The average molecular weight is 344 g/mol. The molecule has 0 bridgehead atoms. The average Bonchev–Trinajstić information content (AvgIpc) is 2.61. The fourth-order valence-electron chi connectivity index (χ4n) is 1.96. The summed E-state index contributed by atoms with van der Waals surface area (Å²) in [6.45, 7) is 2.71. The zero-order chi connectivity index (χ0) is 17.2. The van der Waals surface area contributed by atoms with Gasteiger partial charge in [-0.1, -0.05) is 42.5 Å². The Morgan fingerprint density at radius 3 is 2.54 bits per heavy atom. The first-order chi connectivity index (χ1) is 11.7. The molecule has 126 valence electrons. The van der Waals surface area contributed by atoms with E-state index >= 15 is 0 Å². The maximum atomic E-state index is 11.7. The zero-order valence-electron chi connectivity index (χ0n) is 13.5. The molecule has 0 aliphatic rings. The number of carbonyl (C=O) groups excluding carboxylic acids is 1. The van der Waals surface area contributed by atoms with Crippen LogP contribution >= 0.6 is 12.2 Å². The third kappa shape index (κ3) is 5.89. The standard InChI is InChI=1S/C18H20N2O3S/c1-2-22-16-11-7-6-10-15(16)20-18(24)19-12-17(21)23-13-14-8-4-3-5-9-14/h3-11H,2,12-13H2,1H3,(H2,19,20,24). The third-order valence-electron chi connectivity index (χ3n) is 3.07. The van der Waals surface area contributed by atoms with Gasteiger partial charge in [-0.2, -0.15) is 0 Å². The number of benzene rings is 2. The SMILES string of the molecule is CCOc1ccccc1NC(=S)NCC(=O)OCc1ccccc1. The van der Waals surface area contributed by atoms with E-state index in [-0.39, 0.29) is 19.1 Å². The van der Waals surface area contributed by atoms with Gasteiger partial charge < -0.3 is 20.1 Å². The van der Waals surface area contributed by atoms with Crippen molar-refractivity contribution in [3.05, 3.63) is 60.2 Å². The molecule has 0 spiro atoms. The van der Waals surface area contributed by atoms with Crippen molar-refractivity contribution in [2.24, 2.45) is 0 Å². The summed E-state index contributed by atoms with van der Waals surface area (Å²) in [7, 11) is 0. The van der Waals surface area contributed by atoms with Crippen LogP contribution in [0.2, 0.25) is 0 Å². The van der Waals surface area contributed by atoms with Crippen molar-refractivity contribution in [3.63, 3.8) is 0 Å². The topological polar surface area (TPSA) is 59.6 Å². The van der Waals surface area contributed by atoms with Gasteiger partial charge in [0, 0.05) is 0 Å². The van der Waals surface area contributed by atoms with Crippen LogP contribution in [0.5, 0.6) is 5.75 Å². The van der Waals surface area contributed by atoms with E-state index in [0.717, 1.165) is 11.3 Å². The maximum absolute atomic E-state index is 11.7. The summed E-state index contributed by atoms with van der Waals surface area (Å²) in [5.74, 6) is 0.330. The van der Waals surface area contributed by atoms with Crippen molar-refractivity contribution in [1.29, 1.82) is 0 Å². The molecule has 0 radical (unpaired) electrons. The van der Waals surface area contributed by atoms with E-state index in [2.05, 4.69) is 10.6 Å². The van der Waals surface area contributed by atoms with Crippen molar-refractivity contribution in [2.75, 3.05) is 18.5 Å². The van der Waals surface area contributed by atoms with Gasteiger partial charge in [0.1, 0.15) is 18.9 Å². The van der Waals surface area contributed by atoms with E-state index in [1.807, 2.05) is 61.5 Å². The van der Waals surface area contributed by atoms with Gasteiger partial charge in [-0.3, -0.25) is 4.79 Å². The van der Waals surface area contributed by atoms with E-state index in [4.69, 9.17) is 21.7 Å². The largest absolute Gasteiger partial charge is 0.492 e. The fraction of sp³-hybridized carbons (Fsp3) is 0.222. The zero-order valence-corrected chi connectivity index (χ0v) is 14.3. The number of para-hydroxylation sites is 2. The van der Waals surface area contributed by atoms with Gasteiger partial charge in [0.2, 0.25) is 0 Å². The Bertz CT molecular complexity index is 677. The van der Waals surface area contributed by atoms with Crippen LogP contribution in [0.3, 0.4) is 0 Å². The van der Waals surface area contributed by atoms with Crippen molar-refractivity contribution in [2.45, 2.75) is 13.5 Å². The fourth-order valence-corrected chi connectivity index (χ4v) is 2.14. The minimum absolute atomic E-state index is 0.00450. The smallest absolute Gasteiger partial charge is 0.325 e. The van der Waals surface area contributed by atoms with E-state index in [9.17, 15) is 4.79 Å². The van der Waals surface area contributed by atoms with E-state index < -0.39 is 0 Å². The van der Waals surface area contributed by atoms with Crippen molar-refractivity contribution in [1.82, 2.24) is 5.32 Å². The molecule has 0 aromatic heterocycles. The molecule has 0 saturated heterocycles. The van der Waals surface area contributed by atoms with Gasteiger partial charge in [0.25, 0.3) is 0 Å². The molecule has 0 heterocycles. The van der Waals surface area contributed by atoms with Gasteiger partial charge >= 0.3 is 5.97 Å². The predicted octanol–water partition coefficient (Wildman–Crippen LogP) is 3.12. The van der Waals surface area contributed by atoms with Crippen LogP contribution < -0.4 is 15.4 Å². The summed E-state index contributed by atoms with van der Waals surface area (Å²) in [5.41, 5.74) is 1.69. The highest BCUT2D eigenvalue weighted by Gasteiger charge is 2.07. The van der Waals surface area contributed by atoms with E-state index in [0.29, 0.717) is 17.5 Å². The highest BCUT2D eigenvalue weighted by Crippen LogP contribution is 2.23. The normalized spacial score (nSPS) is 9.88. The maximum Gasteiger partial charge on any atom is 0.325 e. The molecular weight excluding hydrogens is 324 g/mol. The molecule has 2 aromatic carbocycles. The Kier molecular flexibility index (Phi) is 7.04. The van der Waals surface area contributed by atoms with Gasteiger partial charge in [-0.15, -0.1) is 0 Å². The summed E-state index contributed by atoms with van der Waals surface area (Å²) in [5, 5.41) is 6.17. The third-order valence-corrected chi connectivity index (χ3v) is 3.32. The summed E-state index contributed by atoms with van der Waals surface area (Å²) >= 11 is 5.19. The molecule has 2 aromatic rings. The molecule has 0 saturated carbocycles. The summed E-state index contributed by atoms with van der Waals surface area (Å²) in [6, 6.07) is 17.0. The molecule has 24 heavy (non-hydrogen) atoms. The number of anilines is 1. The van der Waals surface area contributed by atoms with Crippen LogP contribution in [0.15, 0.2) is 54.6 Å². The van der Waals surface area contributed by atoms with Crippen LogP contribution in [-0.4, -0.2) is 24.2 Å². The van der Waals surface area contributed by atoms with Crippen LogP contribution in [0.1, 0.15) is 12.5 Å². The first-order valence-corrected chi connectivity index (χ1v) is 8.06. The van der Waals surface area contributed by atoms with Crippen LogP contribution in [0.4, 0.5) is 5.69 Å². The molecule has 0 atom stereocenters. The number of nitrogens with one attached hydrogen (secondary N) is 2. The van der Waals surface area contributed by atoms with Gasteiger partial charge in [0.05, 0.1) is 12.3 Å². The summed E-state index contributed by atoms with van der Waals surface area (Å²) in [6.07, 6.45) is 0. The Hall–Kier alpha value is -2.60. The number of thiocarbonyl (C=S) groups is 1. The van der Waals surface area contributed by atoms with Crippen molar-refractivity contribution >= 4 is 29.0 Å². The molecule has 0 aliphatic carbocycles. The quantitative estimate of drug-likeness (QED) is 0.594. The molecule has 0 amide bonds. The molecule has 0 fully saturated rings. The van der Waals surface area contributed by atoms with Gasteiger partial charge in [-0.05, 0) is 36.8 Å². The van der Waals surface area contributed by atoms with E-state index in [1.54, 1.807) is 0 Å². The van der Waals surface area contributed by atoms with Crippen LogP contribution in [0, 0.1) is 0 Å². The Labute approximate surface area is 147 Å². The number of hydrogen-bond acceptors (Lipinski definition) is 4. The van der Waals surface area contributed by atoms with Gasteiger partial charge in [0.15, 0.2) is 5.11 Å². The molecule has 6 heteroatoms. The lowest BCUT2D eigenvalue weighted by Crippen LogP contribution is -2.34. The minimum atomic E-state index is -0.374. The molecular formula is C18H20N2O3S. The summed E-state index contributed by atoms with van der Waals surface area (Å²) in [4.78, 5) is 11.7. The molecule has 5 nitrogen and oxygen atoms in total. The van der Waals surface area contributed by atoms with Crippen molar-refractivity contribution in [3.8, 4) is 5.75 Å². The van der Waals surface area contributed by atoms with Crippen LogP contribution in [-0.2, 0) is 16.1 Å². The highest BCUT2D eigenvalue weighted by atomic mass is 32.1. The second-order valence-corrected chi connectivity index (χ2v) is 5.29. The minimum Gasteiger partial charge on any atom is -0.492 e. The van der Waals surface area contributed by atoms with E-state index in [1.165, 1.54) is 0 Å². The lowest BCUT2D eigenvalue weighted by Gasteiger charge is -2.13. The number of ether oxygens (including phenoxy) is 2. The molecule has 2 N–H and O–H groups in total. The lowest BCUT2D eigenvalue weighted by molar-refractivity contribution is -0.143. The van der Waals surface area contributed by atoms with Crippen molar-refractivity contribution < 1.29 is 14.3 Å². The van der Waals surface area contributed by atoms with Crippen LogP contribution in [0.25, 0.3) is 0 Å². The van der Waals surface area contributed by atoms with Gasteiger partial charge in [-0.25, -0.2) is 0 Å².